The van der Waals surface area contributed by atoms with Gasteiger partial charge in [0.1, 0.15) is 6.61 Å². The van der Waals surface area contributed by atoms with Crippen LogP contribution in [-0.2, 0) is 29.9 Å². The van der Waals surface area contributed by atoms with E-state index in [0.29, 0.717) is 32.2 Å². The molecule has 0 aromatic rings. The number of carbonyl (C=O) groups excluding carboxylic acids is 1. The van der Waals surface area contributed by atoms with Crippen molar-refractivity contribution < 1.29 is 19.0 Å². The van der Waals surface area contributed by atoms with Gasteiger partial charge in [-0.3, -0.25) is 0 Å². The van der Waals surface area contributed by atoms with Gasteiger partial charge in [0.25, 0.3) is 0 Å². The number of carbonyl (C=O) groups is 1. The summed E-state index contributed by atoms with van der Waals surface area (Å²) in [5.74, 6) is 0.353. The van der Waals surface area contributed by atoms with E-state index in [9.17, 15) is 4.79 Å². The number of rotatable bonds is 8. The third kappa shape index (κ3) is 9.83. The monoisotopic (exact) mass is 223 g/mol. The van der Waals surface area contributed by atoms with Crippen molar-refractivity contribution >= 4 is 16.9 Å². The molecule has 0 spiro atoms. The maximum absolute atomic E-state index is 11.0. The van der Waals surface area contributed by atoms with Gasteiger partial charge in [-0.1, -0.05) is 0 Å². The predicted octanol–water partition coefficient (Wildman–Crippen LogP) is 0.0705. The minimum atomic E-state index is -0.145. The SMILES string of the molecule is COCCOCCOC(=O)C[S+](C)C. The second-order valence-electron chi connectivity index (χ2n) is 2.96. The molecular formula is C9H19O4S+. The van der Waals surface area contributed by atoms with E-state index in [-0.39, 0.29) is 16.9 Å². The molecule has 5 heteroatoms. The molecule has 0 aromatic heterocycles. The molecule has 0 atom stereocenters. The summed E-state index contributed by atoms with van der Waals surface area (Å²) >= 11 is 0. The zero-order valence-electron chi connectivity index (χ0n) is 9.08. The Hall–Kier alpha value is -0.260. The van der Waals surface area contributed by atoms with Crippen molar-refractivity contribution in [2.75, 3.05) is 51.8 Å². The van der Waals surface area contributed by atoms with Crippen LogP contribution in [0.1, 0.15) is 0 Å². The van der Waals surface area contributed by atoms with E-state index in [2.05, 4.69) is 0 Å². The molecule has 0 N–H and O–H groups in total. The van der Waals surface area contributed by atoms with Crippen LogP contribution in [0.5, 0.6) is 0 Å². The molecule has 0 rings (SSSR count). The standard InChI is InChI=1S/C9H19O4S/c1-11-4-5-12-6-7-13-9(10)8-14(2)3/h4-8H2,1-3H3/q+1. The Kier molecular flexibility index (Phi) is 9.13. The number of hydrogen-bond donors (Lipinski definition) is 0. The third-order valence-electron chi connectivity index (χ3n) is 1.33. The fourth-order valence-corrected chi connectivity index (χ4v) is 1.29. The number of hydrogen-bond acceptors (Lipinski definition) is 4. The van der Waals surface area contributed by atoms with Gasteiger partial charge in [-0.2, -0.15) is 0 Å². The van der Waals surface area contributed by atoms with E-state index in [1.807, 2.05) is 12.5 Å². The zero-order chi connectivity index (χ0) is 10.8. The van der Waals surface area contributed by atoms with Crippen molar-refractivity contribution in [1.29, 1.82) is 0 Å². The van der Waals surface area contributed by atoms with Gasteiger partial charge >= 0.3 is 5.97 Å². The van der Waals surface area contributed by atoms with Crippen molar-refractivity contribution in [2.45, 2.75) is 0 Å². The summed E-state index contributed by atoms with van der Waals surface area (Å²) in [4.78, 5) is 11.0. The Labute approximate surface area is 88.3 Å². The first-order valence-corrected chi connectivity index (χ1v) is 6.64. The minimum absolute atomic E-state index is 0.109. The van der Waals surface area contributed by atoms with Gasteiger partial charge in [-0.25, -0.2) is 4.79 Å². The third-order valence-corrected chi connectivity index (χ3v) is 2.14. The molecule has 0 aliphatic carbocycles. The van der Waals surface area contributed by atoms with Crippen molar-refractivity contribution in [2.24, 2.45) is 0 Å². The summed E-state index contributed by atoms with van der Waals surface area (Å²) in [5.41, 5.74) is 0. The number of esters is 1. The van der Waals surface area contributed by atoms with Crippen LogP contribution in [0.25, 0.3) is 0 Å². The van der Waals surface area contributed by atoms with Gasteiger partial charge in [-0.15, -0.1) is 0 Å². The fraction of sp³-hybridized carbons (Fsp3) is 0.889. The van der Waals surface area contributed by atoms with Gasteiger partial charge in [-0.05, 0) is 10.9 Å². The lowest BCUT2D eigenvalue weighted by Gasteiger charge is -2.04. The largest absolute Gasteiger partial charge is 0.460 e. The summed E-state index contributed by atoms with van der Waals surface area (Å²) in [7, 11) is 1.73. The average Bonchev–Trinajstić information content (AvgIpc) is 2.10. The second kappa shape index (κ2) is 9.30. The Morgan fingerprint density at radius 1 is 1.14 bits per heavy atom. The molecule has 0 unspecified atom stereocenters. The first-order chi connectivity index (χ1) is 6.66. The van der Waals surface area contributed by atoms with Gasteiger partial charge in [0.15, 0.2) is 0 Å². The Balaban J connectivity index is 3.15. The van der Waals surface area contributed by atoms with Crippen LogP contribution in [0.4, 0.5) is 0 Å². The number of methoxy groups -OCH3 is 1. The maximum atomic E-state index is 11.0. The molecule has 84 valence electrons. The highest BCUT2D eigenvalue weighted by Gasteiger charge is 2.11. The average molecular weight is 223 g/mol. The first-order valence-electron chi connectivity index (χ1n) is 4.43. The number of ether oxygens (including phenoxy) is 3. The van der Waals surface area contributed by atoms with Crippen LogP contribution in [0.2, 0.25) is 0 Å². The maximum Gasteiger partial charge on any atom is 0.356 e. The first kappa shape index (κ1) is 13.7. The molecule has 0 fully saturated rings. The van der Waals surface area contributed by atoms with E-state index in [0.717, 1.165) is 0 Å². The molecule has 0 heterocycles. The molecule has 0 aromatic carbocycles. The van der Waals surface area contributed by atoms with Crippen molar-refractivity contribution in [3.63, 3.8) is 0 Å². The van der Waals surface area contributed by atoms with Crippen molar-refractivity contribution in [3.8, 4) is 0 Å². The second-order valence-corrected chi connectivity index (χ2v) is 5.22. The molecule has 0 amide bonds. The van der Waals surface area contributed by atoms with Gasteiger partial charge in [0.05, 0.1) is 32.3 Å². The van der Waals surface area contributed by atoms with E-state index in [1.165, 1.54) is 0 Å². The van der Waals surface area contributed by atoms with Crippen LogP contribution >= 0.6 is 0 Å². The molecule has 0 saturated carbocycles. The van der Waals surface area contributed by atoms with Crippen LogP contribution in [0.15, 0.2) is 0 Å². The summed E-state index contributed by atoms with van der Waals surface area (Å²) in [6.45, 7) is 1.89. The van der Waals surface area contributed by atoms with Crippen molar-refractivity contribution in [1.82, 2.24) is 0 Å². The minimum Gasteiger partial charge on any atom is -0.460 e. The molecule has 0 aliphatic heterocycles. The lowest BCUT2D eigenvalue weighted by molar-refractivity contribution is -0.142. The highest BCUT2D eigenvalue weighted by molar-refractivity contribution is 7.96. The zero-order valence-corrected chi connectivity index (χ0v) is 9.89. The van der Waals surface area contributed by atoms with Gasteiger partial charge in [0.2, 0.25) is 5.75 Å². The van der Waals surface area contributed by atoms with E-state index < -0.39 is 0 Å². The summed E-state index contributed by atoms with van der Waals surface area (Å²) in [5, 5.41) is 0. The fourth-order valence-electron chi connectivity index (χ4n) is 0.736. The Morgan fingerprint density at radius 2 is 1.79 bits per heavy atom. The van der Waals surface area contributed by atoms with E-state index in [1.54, 1.807) is 7.11 Å². The molecular weight excluding hydrogens is 204 g/mol. The van der Waals surface area contributed by atoms with Crippen molar-refractivity contribution in [3.05, 3.63) is 0 Å². The lowest BCUT2D eigenvalue weighted by atomic mass is 10.7. The summed E-state index contributed by atoms with van der Waals surface area (Å²) in [6.07, 6.45) is 4.02. The van der Waals surface area contributed by atoms with Crippen LogP contribution < -0.4 is 0 Å². The molecule has 14 heavy (non-hydrogen) atoms. The highest BCUT2D eigenvalue weighted by atomic mass is 32.2. The van der Waals surface area contributed by atoms with E-state index >= 15 is 0 Å². The van der Waals surface area contributed by atoms with Gasteiger partial charge < -0.3 is 14.2 Å². The normalized spacial score (nSPS) is 10.6. The highest BCUT2D eigenvalue weighted by Crippen LogP contribution is 1.88. The quantitative estimate of drug-likeness (QED) is 0.332. The van der Waals surface area contributed by atoms with Crippen LogP contribution in [0, 0.1) is 0 Å². The smallest absolute Gasteiger partial charge is 0.356 e. The Bertz CT molecular complexity index is 150. The molecule has 0 radical (unpaired) electrons. The molecule has 0 bridgehead atoms. The lowest BCUT2D eigenvalue weighted by Crippen LogP contribution is -2.19. The molecule has 0 aliphatic rings. The van der Waals surface area contributed by atoms with Gasteiger partial charge in [0, 0.05) is 7.11 Å². The summed E-state index contributed by atoms with van der Waals surface area (Å²) < 4.78 is 14.9. The van der Waals surface area contributed by atoms with Crippen LogP contribution in [-0.4, -0.2) is 57.8 Å². The van der Waals surface area contributed by atoms with Crippen LogP contribution in [0.3, 0.4) is 0 Å². The van der Waals surface area contributed by atoms with E-state index in [4.69, 9.17) is 14.2 Å². The topological polar surface area (TPSA) is 44.8 Å². The Morgan fingerprint density at radius 3 is 2.36 bits per heavy atom. The summed E-state index contributed by atoms with van der Waals surface area (Å²) in [6, 6.07) is 0. The molecule has 0 saturated heterocycles. The molecule has 4 nitrogen and oxygen atoms in total. The predicted molar refractivity (Wildman–Crippen MR) is 57.7 cm³/mol.